The molecule has 0 atom stereocenters. The number of rotatable bonds is 1. The Morgan fingerprint density at radius 1 is 1.50 bits per heavy atom. The van der Waals surface area contributed by atoms with Gasteiger partial charge < -0.3 is 10.8 Å². The second-order valence-electron chi connectivity index (χ2n) is 3.67. The van der Waals surface area contributed by atoms with Crippen LogP contribution in [-0.2, 0) is 22.0 Å². The summed E-state index contributed by atoms with van der Waals surface area (Å²) in [5, 5.41) is 8.98. The van der Waals surface area contributed by atoms with E-state index in [1.165, 1.54) is 6.20 Å². The number of carboxylic acids is 1. The molecule has 2 heterocycles. The largest absolute Gasteiger partial charge is 0.478 e. The number of nitrogen functional groups attached to an aromatic ring is 1. The quantitative estimate of drug-likeness (QED) is 0.707. The molecule has 0 radical (unpaired) electrons. The molecule has 0 unspecified atom stereocenters. The lowest BCUT2D eigenvalue weighted by atomic mass is 10.0. The molecule has 1 aliphatic heterocycles. The zero-order valence-corrected chi connectivity index (χ0v) is 9.12. The van der Waals surface area contributed by atoms with Gasteiger partial charge in [-0.15, -0.1) is 0 Å². The topological polar surface area (TPSA) is 110 Å². The summed E-state index contributed by atoms with van der Waals surface area (Å²) in [5.74, 6) is -1.42. The fourth-order valence-corrected chi connectivity index (χ4v) is 3.20. The van der Waals surface area contributed by atoms with Crippen LogP contribution in [0.5, 0.6) is 0 Å². The zero-order valence-electron chi connectivity index (χ0n) is 8.30. The maximum absolute atomic E-state index is 11.4. The molecule has 86 valence electrons. The van der Waals surface area contributed by atoms with Gasteiger partial charge in [0.25, 0.3) is 0 Å². The van der Waals surface area contributed by atoms with E-state index >= 15 is 0 Å². The molecule has 1 aromatic rings. The zero-order chi connectivity index (χ0) is 11.9. The molecular formula is C9H10N2O4S. The van der Waals surface area contributed by atoms with Crippen molar-refractivity contribution in [2.75, 3.05) is 11.5 Å². The summed E-state index contributed by atoms with van der Waals surface area (Å²) in [6, 6.07) is 0. The minimum absolute atomic E-state index is 0.0380. The number of hydrogen-bond donors (Lipinski definition) is 2. The highest BCUT2D eigenvalue weighted by Crippen LogP contribution is 2.26. The Hall–Kier alpha value is -1.63. The van der Waals surface area contributed by atoms with E-state index in [1.54, 1.807) is 0 Å². The van der Waals surface area contributed by atoms with Crippen molar-refractivity contribution in [3.8, 4) is 0 Å². The highest BCUT2D eigenvalue weighted by Gasteiger charge is 2.27. The van der Waals surface area contributed by atoms with Crippen LogP contribution >= 0.6 is 0 Å². The molecule has 0 saturated carbocycles. The van der Waals surface area contributed by atoms with Crippen LogP contribution in [0.25, 0.3) is 0 Å². The van der Waals surface area contributed by atoms with Crippen LogP contribution in [0.3, 0.4) is 0 Å². The Bertz CT molecular complexity index is 565. The van der Waals surface area contributed by atoms with Crippen LogP contribution in [0.15, 0.2) is 6.20 Å². The highest BCUT2D eigenvalue weighted by molar-refractivity contribution is 7.90. The van der Waals surface area contributed by atoms with Gasteiger partial charge >= 0.3 is 5.97 Å². The third-order valence-electron chi connectivity index (χ3n) is 2.56. The van der Waals surface area contributed by atoms with Gasteiger partial charge in [-0.1, -0.05) is 0 Å². The first-order valence-electron chi connectivity index (χ1n) is 4.60. The number of sulfone groups is 1. The van der Waals surface area contributed by atoms with Crippen molar-refractivity contribution in [1.29, 1.82) is 0 Å². The Balaban J connectivity index is 2.63. The molecule has 0 aliphatic carbocycles. The summed E-state index contributed by atoms with van der Waals surface area (Å²) in [5.41, 5.74) is 6.35. The molecule has 16 heavy (non-hydrogen) atoms. The predicted molar refractivity (Wildman–Crippen MR) is 56.8 cm³/mol. The summed E-state index contributed by atoms with van der Waals surface area (Å²) in [6.45, 7) is 0. The molecule has 6 nitrogen and oxygen atoms in total. The number of nitrogens with zero attached hydrogens (tertiary/aromatic N) is 1. The van der Waals surface area contributed by atoms with Crippen molar-refractivity contribution < 1.29 is 18.3 Å². The molecule has 3 N–H and O–H groups in total. The first-order valence-corrected chi connectivity index (χ1v) is 6.43. The molecule has 0 fully saturated rings. The lowest BCUT2D eigenvalue weighted by molar-refractivity contribution is 0.0696. The molecule has 2 rings (SSSR count). The summed E-state index contributed by atoms with van der Waals surface area (Å²) >= 11 is 0. The van der Waals surface area contributed by atoms with Crippen LogP contribution in [0.2, 0.25) is 0 Å². The Labute approximate surface area is 92.0 Å². The van der Waals surface area contributed by atoms with Gasteiger partial charge in [0.15, 0.2) is 9.84 Å². The summed E-state index contributed by atoms with van der Waals surface area (Å²) in [7, 11) is -3.13. The molecule has 0 aromatic carbocycles. The Kier molecular flexibility index (Phi) is 2.34. The van der Waals surface area contributed by atoms with E-state index in [2.05, 4.69) is 4.98 Å². The van der Waals surface area contributed by atoms with Crippen LogP contribution in [0.1, 0.15) is 21.5 Å². The van der Waals surface area contributed by atoms with Crippen LogP contribution < -0.4 is 5.73 Å². The third-order valence-corrected chi connectivity index (χ3v) is 4.13. The second-order valence-corrected chi connectivity index (χ2v) is 5.85. The lowest BCUT2D eigenvalue weighted by Crippen LogP contribution is -2.23. The first kappa shape index (κ1) is 10.9. The highest BCUT2D eigenvalue weighted by atomic mass is 32.2. The van der Waals surface area contributed by atoms with Crippen molar-refractivity contribution in [3.63, 3.8) is 0 Å². The van der Waals surface area contributed by atoms with Gasteiger partial charge in [0, 0.05) is 6.20 Å². The predicted octanol–water partition coefficient (Wildman–Crippen LogP) is -0.167. The molecule has 1 aromatic heterocycles. The number of aromatic carboxylic acids is 1. The fraction of sp³-hybridized carbons (Fsp3) is 0.333. The monoisotopic (exact) mass is 242 g/mol. The van der Waals surface area contributed by atoms with Crippen LogP contribution in [0, 0.1) is 0 Å². The molecule has 0 bridgehead atoms. The smallest absolute Gasteiger partial charge is 0.339 e. The molecule has 0 spiro atoms. The van der Waals surface area contributed by atoms with Gasteiger partial charge in [-0.3, -0.25) is 0 Å². The number of carbonyl (C=O) groups is 1. The van der Waals surface area contributed by atoms with E-state index in [4.69, 9.17) is 10.8 Å². The van der Waals surface area contributed by atoms with E-state index in [0.29, 0.717) is 11.1 Å². The number of anilines is 1. The minimum Gasteiger partial charge on any atom is -0.478 e. The number of pyridine rings is 1. The summed E-state index contributed by atoms with van der Waals surface area (Å²) < 4.78 is 22.7. The Morgan fingerprint density at radius 2 is 2.19 bits per heavy atom. The van der Waals surface area contributed by atoms with Gasteiger partial charge in [0.2, 0.25) is 0 Å². The van der Waals surface area contributed by atoms with Gasteiger partial charge in [0.05, 0.1) is 11.5 Å². The van der Waals surface area contributed by atoms with Crippen molar-refractivity contribution >= 4 is 21.6 Å². The standard InChI is InChI=1S/C9H10N2O4S/c10-8-7(9(12)13)6-1-2-16(14,15)4-5(6)3-11-8/h3H,1-2,4H2,(H2,10,11)(H,12,13). The van der Waals surface area contributed by atoms with E-state index in [1.807, 2.05) is 0 Å². The van der Waals surface area contributed by atoms with E-state index in [9.17, 15) is 13.2 Å². The Morgan fingerprint density at radius 3 is 2.81 bits per heavy atom. The van der Waals surface area contributed by atoms with Gasteiger partial charge in [-0.25, -0.2) is 18.2 Å². The number of carboxylic acid groups (broad SMARTS) is 1. The first-order chi connectivity index (χ1) is 7.41. The normalized spacial score (nSPS) is 17.8. The average molecular weight is 242 g/mol. The maximum Gasteiger partial charge on any atom is 0.339 e. The van der Waals surface area contributed by atoms with Crippen molar-refractivity contribution in [3.05, 3.63) is 22.9 Å². The van der Waals surface area contributed by atoms with E-state index < -0.39 is 15.8 Å². The molecule has 0 saturated heterocycles. The van der Waals surface area contributed by atoms with E-state index in [0.717, 1.165) is 0 Å². The number of fused-ring (bicyclic) bond motifs is 1. The number of aromatic nitrogens is 1. The van der Waals surface area contributed by atoms with Crippen LogP contribution in [0.4, 0.5) is 5.82 Å². The lowest BCUT2D eigenvalue weighted by Gasteiger charge is -2.18. The van der Waals surface area contributed by atoms with Gasteiger partial charge in [-0.2, -0.15) is 0 Å². The van der Waals surface area contributed by atoms with Crippen LogP contribution in [-0.4, -0.2) is 30.2 Å². The summed E-state index contributed by atoms with van der Waals surface area (Å²) in [4.78, 5) is 14.7. The van der Waals surface area contributed by atoms with Crippen molar-refractivity contribution in [2.45, 2.75) is 12.2 Å². The van der Waals surface area contributed by atoms with Crippen molar-refractivity contribution in [2.24, 2.45) is 0 Å². The van der Waals surface area contributed by atoms with Crippen molar-refractivity contribution in [1.82, 2.24) is 4.98 Å². The molecule has 7 heteroatoms. The second kappa shape index (κ2) is 3.44. The molecule has 1 aliphatic rings. The number of hydrogen-bond acceptors (Lipinski definition) is 5. The van der Waals surface area contributed by atoms with Gasteiger partial charge in [-0.05, 0) is 17.5 Å². The summed E-state index contributed by atoms with van der Waals surface area (Å²) in [6.07, 6.45) is 1.53. The van der Waals surface area contributed by atoms with Gasteiger partial charge in [0.1, 0.15) is 11.4 Å². The third kappa shape index (κ3) is 1.73. The average Bonchev–Trinajstić information content (AvgIpc) is 2.16. The van der Waals surface area contributed by atoms with E-state index in [-0.39, 0.29) is 29.3 Å². The maximum atomic E-state index is 11.4. The fourth-order valence-electron chi connectivity index (χ4n) is 1.82. The molecular weight excluding hydrogens is 232 g/mol. The SMILES string of the molecule is Nc1ncc2c(c1C(=O)O)CCS(=O)(=O)C2. The minimum atomic E-state index is -3.13. The number of nitrogens with two attached hydrogens (primary N) is 1. The molecule has 0 amide bonds.